The number of aromatic nitrogens is 4. The molecule has 2 aromatic heterocycles. The number of nitrogens with one attached hydrogen (secondary N) is 11. The van der Waals surface area contributed by atoms with Crippen LogP contribution in [0, 0.1) is 5.92 Å². The molecule has 32 nitrogen and oxygen atoms in total. The number of imidazole rings is 2. The number of carboxylic acid groups (broad SMARTS) is 1. The molecule has 0 saturated heterocycles. The summed E-state index contributed by atoms with van der Waals surface area (Å²) in [5.74, 6) is -12.1. The van der Waals surface area contributed by atoms with E-state index >= 15 is 0 Å². The van der Waals surface area contributed by atoms with Gasteiger partial charge in [-0.15, -0.1) is 0 Å². The molecule has 0 aromatic carbocycles. The molecule has 0 saturated carbocycles. The van der Waals surface area contributed by atoms with E-state index in [-0.39, 0.29) is 69.2 Å². The third-order valence-corrected chi connectivity index (χ3v) is 12.3. The number of aliphatic hydroxyl groups is 1. The van der Waals surface area contributed by atoms with Crippen molar-refractivity contribution in [1.29, 1.82) is 0 Å². The Morgan fingerprint density at radius 2 is 1.10 bits per heavy atom. The van der Waals surface area contributed by atoms with E-state index in [4.69, 9.17) is 28.7 Å². The van der Waals surface area contributed by atoms with Crippen LogP contribution in [0.3, 0.4) is 0 Å². The average Bonchev–Trinajstić information content (AvgIpc) is 4.12. The number of guanidine groups is 1. The number of rotatable bonds is 38. The number of carboxylic acids is 1. The Hall–Kier alpha value is -7.56. The summed E-state index contributed by atoms with van der Waals surface area (Å²) < 4.78 is 0. The molecular weight excluding hydrogens is 1090 g/mol. The van der Waals surface area contributed by atoms with E-state index in [1.54, 1.807) is 13.8 Å². The van der Waals surface area contributed by atoms with Crippen LogP contribution in [-0.2, 0) is 65.6 Å². The lowest BCUT2D eigenvalue weighted by Gasteiger charge is -2.27. The van der Waals surface area contributed by atoms with E-state index in [1.807, 2.05) is 0 Å². The third-order valence-electron chi connectivity index (χ3n) is 11.6. The number of hydrogen-bond acceptors (Lipinski definition) is 19. The number of thiol groups is 2. The van der Waals surface area contributed by atoms with Gasteiger partial charge in [-0.25, -0.2) is 14.8 Å². The van der Waals surface area contributed by atoms with Gasteiger partial charge in [-0.2, -0.15) is 25.3 Å². The zero-order chi connectivity index (χ0) is 60.1. The molecule has 23 N–H and O–H groups in total. The number of H-pyrrole nitrogens is 2. The number of aliphatic hydroxyl groups excluding tert-OH is 1. The Bertz CT molecular complexity index is 2390. The van der Waals surface area contributed by atoms with Crippen molar-refractivity contribution in [2.24, 2.45) is 39.6 Å². The molecule has 0 aliphatic rings. The number of nitrogens with zero attached hydrogens (tertiary/aromatic N) is 3. The van der Waals surface area contributed by atoms with Crippen LogP contribution < -0.4 is 76.5 Å². The zero-order valence-electron chi connectivity index (χ0n) is 44.6. The second-order valence-corrected chi connectivity index (χ2v) is 19.6. The summed E-state index contributed by atoms with van der Waals surface area (Å²) in [6.07, 6.45) is 3.97. The van der Waals surface area contributed by atoms with Crippen molar-refractivity contribution in [2.45, 2.75) is 139 Å². The van der Waals surface area contributed by atoms with Gasteiger partial charge < -0.3 is 96.7 Å². The van der Waals surface area contributed by atoms with Crippen LogP contribution >= 0.6 is 25.3 Å². The van der Waals surface area contributed by atoms with E-state index in [2.05, 4.69) is 98.0 Å². The van der Waals surface area contributed by atoms with Crippen LogP contribution in [0.2, 0.25) is 0 Å². The van der Waals surface area contributed by atoms with Crippen LogP contribution in [0.15, 0.2) is 30.0 Å². The molecule has 0 spiro atoms. The van der Waals surface area contributed by atoms with Gasteiger partial charge in [0.2, 0.25) is 59.1 Å². The van der Waals surface area contributed by atoms with E-state index in [0.717, 1.165) is 6.92 Å². The lowest BCUT2D eigenvalue weighted by molar-refractivity contribution is -0.141. The number of unbranched alkanes of at least 4 members (excludes halogenated alkanes) is 1. The van der Waals surface area contributed by atoms with Gasteiger partial charge in [-0.05, 0) is 57.9 Å². The van der Waals surface area contributed by atoms with Crippen LogP contribution in [-0.4, -0.2) is 193 Å². The number of aliphatic imine (C=N–C) groups is 1. The summed E-state index contributed by atoms with van der Waals surface area (Å²) in [6, 6.07) is -13.0. The molecule has 0 unspecified atom stereocenters. The standard InChI is InChI=1S/C46H77N19O13S2/c1-22(2)11-29(41(73)59-27(7-4-5-9-47)40(72)64-33(19-80)45(77)78)60-43(75)32(18-79)63-42(74)31(14-34(49)67)62-44(76)36(23(3)66)65-35(68)17-55-38(70)30(13-25-16-53-21-57-25)61-39(71)28(8-6-10-54-46(50)51)58-37(69)26(48)12-24-15-52-20-56-24/h15-16,20-23,26-33,36,66,79-80H,4-14,17-19,47-48H2,1-3H3,(H2,49,67)(H,52,56)(H,53,57)(H,55,70)(H,58,69)(H,59,73)(H,60,75)(H,61,71)(H,62,76)(H,63,74)(H,64,72)(H,65,68)(H,77,78)(H4,50,51,54)/t23-,26+,27+,28+,29+,30+,31+,32+,33+,36+/m1/s1. The maximum absolute atomic E-state index is 13.8. The third kappa shape index (κ3) is 25.5. The summed E-state index contributed by atoms with van der Waals surface area (Å²) >= 11 is 8.13. The average molecular weight is 1170 g/mol. The lowest BCUT2D eigenvalue weighted by atomic mass is 10.0. The number of carbonyl (C=O) groups excluding carboxylic acids is 10. The molecule has 80 heavy (non-hydrogen) atoms. The first-order valence-electron chi connectivity index (χ1n) is 25.4. The van der Waals surface area contributed by atoms with Gasteiger partial charge in [0.05, 0.1) is 37.8 Å². The van der Waals surface area contributed by atoms with Crippen molar-refractivity contribution in [1.82, 2.24) is 67.8 Å². The summed E-state index contributed by atoms with van der Waals surface area (Å²) in [5.41, 5.74) is 28.9. The molecule has 2 rings (SSSR count). The summed E-state index contributed by atoms with van der Waals surface area (Å²) in [6.45, 7) is 4.09. The number of amides is 10. The molecule has 446 valence electrons. The van der Waals surface area contributed by atoms with Crippen LogP contribution in [0.5, 0.6) is 0 Å². The van der Waals surface area contributed by atoms with E-state index in [0.29, 0.717) is 24.2 Å². The summed E-state index contributed by atoms with van der Waals surface area (Å²) in [4.78, 5) is 163. The van der Waals surface area contributed by atoms with Crippen molar-refractivity contribution >= 4 is 96.3 Å². The molecule has 0 bridgehead atoms. The number of aromatic amines is 2. The molecule has 2 aromatic rings. The summed E-state index contributed by atoms with van der Waals surface area (Å²) in [5, 5.41) is 41.8. The molecule has 0 radical (unpaired) electrons. The number of primary amides is 1. The maximum atomic E-state index is 13.8. The second-order valence-electron chi connectivity index (χ2n) is 18.8. The first kappa shape index (κ1) is 68.5. The van der Waals surface area contributed by atoms with E-state index in [1.165, 1.54) is 25.0 Å². The molecular formula is C46H77N19O13S2. The minimum Gasteiger partial charge on any atom is -0.480 e. The van der Waals surface area contributed by atoms with Crippen molar-refractivity contribution in [3.8, 4) is 0 Å². The second kappa shape index (κ2) is 35.8. The number of hydrogen-bond donors (Lipinski definition) is 20. The lowest BCUT2D eigenvalue weighted by Crippen LogP contribution is -2.61. The van der Waals surface area contributed by atoms with Crippen molar-refractivity contribution in [3.05, 3.63) is 36.4 Å². The van der Waals surface area contributed by atoms with Gasteiger partial charge in [-0.3, -0.25) is 52.9 Å². The van der Waals surface area contributed by atoms with E-state index < -0.39 is 144 Å². The monoisotopic (exact) mass is 1170 g/mol. The predicted molar refractivity (Wildman–Crippen MR) is 294 cm³/mol. The Balaban J connectivity index is 2.23. The Morgan fingerprint density at radius 1 is 0.613 bits per heavy atom. The highest BCUT2D eigenvalue weighted by atomic mass is 32.1. The van der Waals surface area contributed by atoms with Crippen LogP contribution in [0.1, 0.15) is 77.1 Å². The first-order chi connectivity index (χ1) is 37.8. The fraction of sp³-hybridized carbons (Fsp3) is 0.609. The molecule has 10 amide bonds. The van der Waals surface area contributed by atoms with Gasteiger partial charge in [0, 0.05) is 54.7 Å². The number of nitrogens with two attached hydrogens (primary N) is 5. The van der Waals surface area contributed by atoms with Gasteiger partial charge in [0.1, 0.15) is 48.3 Å². The topological polar surface area (TPSA) is 536 Å². The van der Waals surface area contributed by atoms with Gasteiger partial charge in [-0.1, -0.05) is 13.8 Å². The highest BCUT2D eigenvalue weighted by Gasteiger charge is 2.36. The van der Waals surface area contributed by atoms with Crippen molar-refractivity contribution < 1.29 is 63.0 Å². The molecule has 0 fully saturated rings. The Labute approximate surface area is 471 Å². The molecule has 0 aliphatic heterocycles. The molecule has 10 atom stereocenters. The highest BCUT2D eigenvalue weighted by molar-refractivity contribution is 7.80. The Morgan fingerprint density at radius 3 is 1.61 bits per heavy atom. The maximum Gasteiger partial charge on any atom is 0.327 e. The first-order valence-corrected chi connectivity index (χ1v) is 26.6. The van der Waals surface area contributed by atoms with E-state index in [9.17, 15) is 63.0 Å². The highest BCUT2D eigenvalue weighted by Crippen LogP contribution is 2.10. The zero-order valence-corrected chi connectivity index (χ0v) is 46.4. The van der Waals surface area contributed by atoms with Gasteiger partial charge in [0.15, 0.2) is 5.96 Å². The van der Waals surface area contributed by atoms with Gasteiger partial charge >= 0.3 is 5.97 Å². The number of carbonyl (C=O) groups is 11. The smallest absolute Gasteiger partial charge is 0.327 e. The fourth-order valence-corrected chi connectivity index (χ4v) is 7.91. The SMILES string of the molecule is CC(C)C[C@H](NC(=O)[C@H](CS)NC(=O)[C@H](CC(N)=O)NC(=O)[C@@H](NC(=O)CNC(=O)[C@H](Cc1cnc[nH]1)NC(=O)[C@H](CCCN=C(N)N)NC(=O)[C@@H](N)Cc1cnc[nH]1)[C@@H](C)O)C(=O)N[C@@H](CCCCN)C(=O)N[C@@H](CS)C(=O)O. The predicted octanol–water partition coefficient (Wildman–Crippen LogP) is -7.33. The van der Waals surface area contributed by atoms with Gasteiger partial charge in [0.25, 0.3) is 0 Å². The minimum absolute atomic E-state index is 0.0139. The quantitative estimate of drug-likeness (QED) is 0.0129. The number of aliphatic carboxylic acids is 1. The van der Waals surface area contributed by atoms with Crippen molar-refractivity contribution in [3.63, 3.8) is 0 Å². The summed E-state index contributed by atoms with van der Waals surface area (Å²) in [7, 11) is 0. The molecule has 0 aliphatic carbocycles. The normalized spacial score (nSPS) is 14.8. The Kier molecular flexibility index (Phi) is 30.7. The minimum atomic E-state index is -1.85. The fourth-order valence-electron chi connectivity index (χ4n) is 7.40. The largest absolute Gasteiger partial charge is 0.480 e. The van der Waals surface area contributed by atoms with Crippen LogP contribution in [0.4, 0.5) is 0 Å². The molecule has 2 heterocycles. The van der Waals surface area contributed by atoms with Crippen molar-refractivity contribution in [2.75, 3.05) is 31.1 Å². The van der Waals surface area contributed by atoms with Crippen LogP contribution in [0.25, 0.3) is 0 Å². The molecule has 34 heteroatoms.